The van der Waals surface area contributed by atoms with Crippen molar-refractivity contribution in [2.24, 2.45) is 5.41 Å². The van der Waals surface area contributed by atoms with Gasteiger partial charge in [-0.3, -0.25) is 4.79 Å². The molecule has 0 saturated carbocycles. The third kappa shape index (κ3) is 3.55. The van der Waals surface area contributed by atoms with Crippen molar-refractivity contribution in [3.05, 3.63) is 59.4 Å². The minimum Gasteiger partial charge on any atom is -0.480 e. The summed E-state index contributed by atoms with van der Waals surface area (Å²) in [6, 6.07) is 7.76. The van der Waals surface area contributed by atoms with Gasteiger partial charge in [0.2, 0.25) is 0 Å². The van der Waals surface area contributed by atoms with Gasteiger partial charge in [-0.1, -0.05) is 75.8 Å². The van der Waals surface area contributed by atoms with Crippen molar-refractivity contribution in [2.75, 3.05) is 0 Å². The van der Waals surface area contributed by atoms with E-state index in [2.05, 4.69) is 6.92 Å². The summed E-state index contributed by atoms with van der Waals surface area (Å²) in [5.41, 5.74) is 0.732. The van der Waals surface area contributed by atoms with Crippen molar-refractivity contribution in [1.29, 1.82) is 0 Å². The zero-order valence-corrected chi connectivity index (χ0v) is 14.8. The second kappa shape index (κ2) is 7.73. The number of allylic oxidation sites excluding steroid dienone is 3. The molecule has 1 aliphatic carbocycles. The first-order valence-corrected chi connectivity index (χ1v) is 9.30. The molecule has 3 rings (SSSR count). The molecule has 1 heterocycles. The molecule has 0 amide bonds. The van der Waals surface area contributed by atoms with Crippen LogP contribution >= 0.6 is 0 Å². The van der Waals surface area contributed by atoms with Crippen LogP contribution in [0.1, 0.15) is 57.4 Å². The Hall–Kier alpha value is -2.29. The molecule has 1 atom stereocenters. The molecule has 0 spiro atoms. The SMILES string of the molecule is CCCCCCCCC1(C(=O)O)C=CC=C2Oc3ccccc3C=C21. The number of benzene rings is 1. The maximum Gasteiger partial charge on any atom is 0.318 e. The monoisotopic (exact) mass is 338 g/mol. The lowest BCUT2D eigenvalue weighted by Crippen LogP contribution is -2.35. The number of para-hydroxylation sites is 1. The first-order chi connectivity index (χ1) is 12.2. The molecule has 0 fully saturated rings. The molecule has 0 bridgehead atoms. The van der Waals surface area contributed by atoms with E-state index in [9.17, 15) is 9.90 Å². The Bertz CT molecular complexity index is 727. The highest BCUT2D eigenvalue weighted by Gasteiger charge is 2.44. The molecule has 25 heavy (non-hydrogen) atoms. The molecule has 132 valence electrons. The molecule has 0 aromatic heterocycles. The summed E-state index contributed by atoms with van der Waals surface area (Å²) in [4.78, 5) is 12.2. The predicted molar refractivity (Wildman–Crippen MR) is 100 cm³/mol. The van der Waals surface area contributed by atoms with E-state index in [1.54, 1.807) is 0 Å². The van der Waals surface area contributed by atoms with E-state index in [0.717, 1.165) is 29.7 Å². The molecular weight excluding hydrogens is 312 g/mol. The lowest BCUT2D eigenvalue weighted by molar-refractivity contribution is -0.144. The van der Waals surface area contributed by atoms with Crippen molar-refractivity contribution < 1.29 is 14.6 Å². The van der Waals surface area contributed by atoms with Gasteiger partial charge >= 0.3 is 5.97 Å². The summed E-state index contributed by atoms with van der Waals surface area (Å²) in [6.07, 6.45) is 15.0. The van der Waals surface area contributed by atoms with Crippen molar-refractivity contribution in [3.63, 3.8) is 0 Å². The van der Waals surface area contributed by atoms with Crippen molar-refractivity contribution in [3.8, 4) is 5.75 Å². The highest BCUT2D eigenvalue weighted by molar-refractivity contribution is 5.87. The van der Waals surface area contributed by atoms with E-state index in [1.165, 1.54) is 25.7 Å². The second-order valence-corrected chi connectivity index (χ2v) is 6.88. The number of hydrogen-bond acceptors (Lipinski definition) is 2. The minimum absolute atomic E-state index is 0.611. The van der Waals surface area contributed by atoms with Gasteiger partial charge in [-0.2, -0.15) is 0 Å². The first kappa shape index (κ1) is 17.5. The highest BCUT2D eigenvalue weighted by atomic mass is 16.5. The Balaban J connectivity index is 1.81. The quantitative estimate of drug-likeness (QED) is 0.615. The molecule has 0 radical (unpaired) electrons. The van der Waals surface area contributed by atoms with E-state index in [0.29, 0.717) is 12.2 Å². The number of carboxylic acid groups (broad SMARTS) is 1. The normalized spacial score (nSPS) is 20.8. The predicted octanol–water partition coefficient (Wildman–Crippen LogP) is 5.74. The number of aliphatic carboxylic acids is 1. The summed E-state index contributed by atoms with van der Waals surface area (Å²) in [7, 11) is 0. The van der Waals surface area contributed by atoms with Crippen molar-refractivity contribution in [1.82, 2.24) is 0 Å². The Morgan fingerprint density at radius 3 is 2.68 bits per heavy atom. The van der Waals surface area contributed by atoms with E-state index in [1.807, 2.05) is 48.6 Å². The molecule has 2 aliphatic rings. The van der Waals surface area contributed by atoms with E-state index < -0.39 is 11.4 Å². The van der Waals surface area contributed by atoms with Crippen LogP contribution < -0.4 is 4.74 Å². The molecule has 1 aromatic carbocycles. The number of ether oxygens (including phenoxy) is 1. The number of unbranched alkanes of at least 4 members (excludes halogenated alkanes) is 5. The Morgan fingerprint density at radius 2 is 1.88 bits per heavy atom. The lowest BCUT2D eigenvalue weighted by Gasteiger charge is -2.35. The van der Waals surface area contributed by atoms with Crippen LogP contribution in [-0.2, 0) is 4.79 Å². The van der Waals surface area contributed by atoms with Gasteiger partial charge in [0.05, 0.1) is 0 Å². The second-order valence-electron chi connectivity index (χ2n) is 6.88. The zero-order chi connectivity index (χ0) is 17.7. The van der Waals surface area contributed by atoms with Crippen LogP contribution in [0, 0.1) is 5.41 Å². The third-order valence-electron chi connectivity index (χ3n) is 5.12. The summed E-state index contributed by atoms with van der Waals surface area (Å²) in [5.74, 6) is 0.651. The minimum atomic E-state index is -0.984. The average Bonchev–Trinajstić information content (AvgIpc) is 2.63. The maximum atomic E-state index is 12.2. The van der Waals surface area contributed by atoms with Crippen LogP contribution in [0.25, 0.3) is 6.08 Å². The molecule has 1 aromatic rings. The number of carbonyl (C=O) groups is 1. The summed E-state index contributed by atoms with van der Waals surface area (Å²) < 4.78 is 5.98. The van der Waals surface area contributed by atoms with Crippen LogP contribution in [0.4, 0.5) is 0 Å². The Kier molecular flexibility index (Phi) is 5.42. The lowest BCUT2D eigenvalue weighted by atomic mass is 9.71. The van der Waals surface area contributed by atoms with Crippen LogP contribution in [0.3, 0.4) is 0 Å². The molecule has 0 saturated heterocycles. The number of carboxylic acids is 1. The van der Waals surface area contributed by atoms with Crippen LogP contribution in [0.5, 0.6) is 5.75 Å². The fraction of sp³-hybridized carbons (Fsp3) is 0.409. The molecular formula is C22H26O3. The fourth-order valence-electron chi connectivity index (χ4n) is 3.65. The van der Waals surface area contributed by atoms with E-state index in [-0.39, 0.29) is 0 Å². The number of fused-ring (bicyclic) bond motifs is 2. The Labute approximate surface area is 149 Å². The smallest absolute Gasteiger partial charge is 0.318 e. The molecule has 3 nitrogen and oxygen atoms in total. The molecule has 3 heteroatoms. The largest absolute Gasteiger partial charge is 0.480 e. The molecule has 1 aliphatic heterocycles. The first-order valence-electron chi connectivity index (χ1n) is 9.30. The highest BCUT2D eigenvalue weighted by Crippen LogP contribution is 2.46. The van der Waals surface area contributed by atoms with Gasteiger partial charge in [0, 0.05) is 11.1 Å². The van der Waals surface area contributed by atoms with Gasteiger partial charge in [0.15, 0.2) is 0 Å². The van der Waals surface area contributed by atoms with Gasteiger partial charge in [0.25, 0.3) is 0 Å². The number of hydrogen-bond donors (Lipinski definition) is 1. The van der Waals surface area contributed by atoms with E-state index in [4.69, 9.17) is 4.74 Å². The zero-order valence-electron chi connectivity index (χ0n) is 14.8. The molecule has 1 unspecified atom stereocenters. The number of rotatable bonds is 8. The fourth-order valence-corrected chi connectivity index (χ4v) is 3.65. The molecule has 1 N–H and O–H groups in total. The van der Waals surface area contributed by atoms with Crippen molar-refractivity contribution >= 4 is 12.0 Å². The van der Waals surface area contributed by atoms with Gasteiger partial charge in [0.1, 0.15) is 16.9 Å². The standard InChI is InChI=1S/C22H26O3/c1-2-3-4-5-6-9-14-22(21(23)24)15-10-13-20-18(22)16-17-11-7-8-12-19(17)25-20/h7-8,10-13,15-16H,2-6,9,14H2,1H3,(H,23,24). The summed E-state index contributed by atoms with van der Waals surface area (Å²) in [5, 5.41) is 10.0. The Morgan fingerprint density at radius 1 is 1.12 bits per heavy atom. The average molecular weight is 338 g/mol. The van der Waals surface area contributed by atoms with E-state index >= 15 is 0 Å². The van der Waals surface area contributed by atoms with Gasteiger partial charge in [-0.15, -0.1) is 0 Å². The topological polar surface area (TPSA) is 46.5 Å². The van der Waals surface area contributed by atoms with Gasteiger partial charge < -0.3 is 9.84 Å². The van der Waals surface area contributed by atoms with Crippen LogP contribution in [0.2, 0.25) is 0 Å². The van der Waals surface area contributed by atoms with Gasteiger partial charge in [-0.25, -0.2) is 0 Å². The summed E-state index contributed by atoms with van der Waals surface area (Å²) in [6.45, 7) is 2.20. The third-order valence-corrected chi connectivity index (χ3v) is 5.12. The van der Waals surface area contributed by atoms with Gasteiger partial charge in [-0.05, 0) is 24.6 Å². The summed E-state index contributed by atoms with van der Waals surface area (Å²) >= 11 is 0. The maximum absolute atomic E-state index is 12.2. The van der Waals surface area contributed by atoms with Crippen molar-refractivity contribution in [2.45, 2.75) is 51.9 Å². The van der Waals surface area contributed by atoms with Crippen LogP contribution in [0.15, 0.2) is 53.8 Å². The van der Waals surface area contributed by atoms with Crippen LogP contribution in [-0.4, -0.2) is 11.1 Å².